The standard InChI is InChI=1S/C13H14N2O2S/c14-10-3-1-2-9(6-10)11-8-18-13(15-11)12-7-16-4-5-17-12/h1-3,6,8,12H,4-5,7,14H2. The maximum Gasteiger partial charge on any atom is 0.132 e. The molecule has 5 heteroatoms. The Hall–Kier alpha value is -1.43. The molecule has 4 nitrogen and oxygen atoms in total. The van der Waals surface area contributed by atoms with E-state index < -0.39 is 0 Å². The molecule has 1 aromatic heterocycles. The Balaban J connectivity index is 1.84. The van der Waals surface area contributed by atoms with Crippen molar-refractivity contribution >= 4 is 17.0 Å². The van der Waals surface area contributed by atoms with Crippen LogP contribution in [-0.2, 0) is 9.47 Å². The van der Waals surface area contributed by atoms with E-state index in [-0.39, 0.29) is 6.10 Å². The zero-order chi connectivity index (χ0) is 12.4. The summed E-state index contributed by atoms with van der Waals surface area (Å²) in [5.41, 5.74) is 8.50. The number of thiazole rings is 1. The van der Waals surface area contributed by atoms with Crippen LogP contribution < -0.4 is 5.73 Å². The maximum absolute atomic E-state index is 5.78. The van der Waals surface area contributed by atoms with Crippen molar-refractivity contribution < 1.29 is 9.47 Å². The van der Waals surface area contributed by atoms with Crippen molar-refractivity contribution in [2.45, 2.75) is 6.10 Å². The fraction of sp³-hybridized carbons (Fsp3) is 0.308. The first-order valence-corrected chi connectivity index (χ1v) is 6.71. The van der Waals surface area contributed by atoms with Crippen LogP contribution >= 0.6 is 11.3 Å². The Morgan fingerprint density at radius 2 is 2.28 bits per heavy atom. The number of nitrogen functional groups attached to an aromatic ring is 1. The number of nitrogens with zero attached hydrogens (tertiary/aromatic N) is 1. The number of ether oxygens (including phenoxy) is 2. The van der Waals surface area contributed by atoms with E-state index in [1.807, 2.05) is 29.6 Å². The SMILES string of the molecule is Nc1cccc(-c2csc(C3COCCO3)n2)c1. The number of aromatic nitrogens is 1. The van der Waals surface area contributed by atoms with E-state index in [0.29, 0.717) is 19.8 Å². The van der Waals surface area contributed by atoms with Crippen molar-refractivity contribution in [2.24, 2.45) is 0 Å². The Labute approximate surface area is 109 Å². The smallest absolute Gasteiger partial charge is 0.132 e. The highest BCUT2D eigenvalue weighted by atomic mass is 32.1. The molecule has 1 fully saturated rings. The summed E-state index contributed by atoms with van der Waals surface area (Å²) in [6.07, 6.45) is -0.0291. The van der Waals surface area contributed by atoms with E-state index in [1.165, 1.54) is 0 Å². The van der Waals surface area contributed by atoms with E-state index in [0.717, 1.165) is 22.0 Å². The predicted molar refractivity (Wildman–Crippen MR) is 71.5 cm³/mol. The minimum atomic E-state index is -0.0291. The Bertz CT molecular complexity index is 535. The molecule has 1 aliphatic rings. The fourth-order valence-corrected chi connectivity index (χ4v) is 2.76. The van der Waals surface area contributed by atoms with Gasteiger partial charge < -0.3 is 15.2 Å². The molecule has 0 amide bonds. The maximum atomic E-state index is 5.78. The van der Waals surface area contributed by atoms with Crippen molar-refractivity contribution in [3.05, 3.63) is 34.7 Å². The summed E-state index contributed by atoms with van der Waals surface area (Å²) in [6.45, 7) is 1.89. The molecule has 0 saturated carbocycles. The van der Waals surface area contributed by atoms with Crippen molar-refractivity contribution in [1.29, 1.82) is 0 Å². The van der Waals surface area contributed by atoms with E-state index in [2.05, 4.69) is 4.98 Å². The number of anilines is 1. The minimum Gasteiger partial charge on any atom is -0.399 e. The molecule has 18 heavy (non-hydrogen) atoms. The normalized spacial score (nSPS) is 19.9. The molecular weight excluding hydrogens is 248 g/mol. The van der Waals surface area contributed by atoms with Crippen LogP contribution in [0.3, 0.4) is 0 Å². The van der Waals surface area contributed by atoms with Gasteiger partial charge in [-0.1, -0.05) is 12.1 Å². The van der Waals surface area contributed by atoms with Gasteiger partial charge in [0.05, 0.1) is 25.5 Å². The third-order valence-corrected chi connectivity index (χ3v) is 3.73. The number of hydrogen-bond acceptors (Lipinski definition) is 5. The molecule has 1 aromatic carbocycles. The lowest BCUT2D eigenvalue weighted by Crippen LogP contribution is -2.21. The van der Waals surface area contributed by atoms with Crippen LogP contribution in [0.4, 0.5) is 5.69 Å². The van der Waals surface area contributed by atoms with Gasteiger partial charge >= 0.3 is 0 Å². The van der Waals surface area contributed by atoms with Crippen molar-refractivity contribution in [3.63, 3.8) is 0 Å². The Kier molecular flexibility index (Phi) is 3.27. The predicted octanol–water partition coefficient (Wildman–Crippen LogP) is 2.48. The molecule has 1 atom stereocenters. The summed E-state index contributed by atoms with van der Waals surface area (Å²) in [6, 6.07) is 7.74. The summed E-state index contributed by atoms with van der Waals surface area (Å²) in [5, 5.41) is 2.99. The van der Waals surface area contributed by atoms with Crippen LogP contribution in [0.25, 0.3) is 11.3 Å². The lowest BCUT2D eigenvalue weighted by atomic mass is 10.1. The van der Waals surface area contributed by atoms with Crippen LogP contribution in [0.2, 0.25) is 0 Å². The van der Waals surface area contributed by atoms with Crippen LogP contribution in [0.15, 0.2) is 29.6 Å². The van der Waals surface area contributed by atoms with E-state index >= 15 is 0 Å². The first-order valence-electron chi connectivity index (χ1n) is 5.83. The lowest BCUT2D eigenvalue weighted by Gasteiger charge is -2.20. The van der Waals surface area contributed by atoms with Crippen molar-refractivity contribution in [2.75, 3.05) is 25.6 Å². The Morgan fingerprint density at radius 1 is 1.33 bits per heavy atom. The highest BCUT2D eigenvalue weighted by Gasteiger charge is 2.20. The molecule has 1 unspecified atom stereocenters. The summed E-state index contributed by atoms with van der Waals surface area (Å²) in [7, 11) is 0. The fourth-order valence-electron chi connectivity index (χ4n) is 1.90. The van der Waals surface area contributed by atoms with Crippen LogP contribution in [0.5, 0.6) is 0 Å². The second-order valence-electron chi connectivity index (χ2n) is 4.13. The summed E-state index contributed by atoms with van der Waals surface area (Å²) >= 11 is 1.60. The molecule has 3 rings (SSSR count). The highest BCUT2D eigenvalue weighted by Crippen LogP contribution is 2.29. The molecular formula is C13H14N2O2S. The quantitative estimate of drug-likeness (QED) is 0.845. The van der Waals surface area contributed by atoms with Gasteiger partial charge in [0.15, 0.2) is 0 Å². The third kappa shape index (κ3) is 2.38. The summed E-state index contributed by atoms with van der Waals surface area (Å²) < 4.78 is 11.0. The van der Waals surface area contributed by atoms with Crippen LogP contribution in [0, 0.1) is 0 Å². The van der Waals surface area contributed by atoms with Gasteiger partial charge in [0.1, 0.15) is 11.1 Å². The average molecular weight is 262 g/mol. The Morgan fingerprint density at radius 3 is 3.06 bits per heavy atom. The van der Waals surface area contributed by atoms with Gasteiger partial charge in [-0.05, 0) is 12.1 Å². The molecule has 2 heterocycles. The minimum absolute atomic E-state index is 0.0291. The average Bonchev–Trinajstić information content (AvgIpc) is 2.89. The lowest BCUT2D eigenvalue weighted by molar-refractivity contribution is -0.0901. The van der Waals surface area contributed by atoms with Gasteiger partial charge in [-0.25, -0.2) is 4.98 Å². The molecule has 2 aromatic rings. The third-order valence-electron chi connectivity index (χ3n) is 2.80. The topological polar surface area (TPSA) is 57.4 Å². The van der Waals surface area contributed by atoms with E-state index in [1.54, 1.807) is 11.3 Å². The highest BCUT2D eigenvalue weighted by molar-refractivity contribution is 7.10. The zero-order valence-electron chi connectivity index (χ0n) is 9.83. The monoisotopic (exact) mass is 262 g/mol. The number of benzene rings is 1. The first kappa shape index (κ1) is 11.6. The molecule has 1 saturated heterocycles. The molecule has 94 valence electrons. The van der Waals surface area contributed by atoms with Gasteiger partial charge in [0, 0.05) is 16.6 Å². The van der Waals surface area contributed by atoms with Gasteiger partial charge in [0.2, 0.25) is 0 Å². The largest absolute Gasteiger partial charge is 0.399 e. The second-order valence-corrected chi connectivity index (χ2v) is 5.02. The van der Waals surface area contributed by atoms with Gasteiger partial charge in [-0.3, -0.25) is 0 Å². The molecule has 1 aliphatic heterocycles. The number of hydrogen-bond donors (Lipinski definition) is 1. The summed E-state index contributed by atoms with van der Waals surface area (Å²) in [5.74, 6) is 0. The van der Waals surface area contributed by atoms with Gasteiger partial charge in [-0.2, -0.15) is 0 Å². The second kappa shape index (κ2) is 5.06. The number of rotatable bonds is 2. The molecule has 0 aliphatic carbocycles. The van der Waals surface area contributed by atoms with Crippen LogP contribution in [-0.4, -0.2) is 24.8 Å². The molecule has 0 spiro atoms. The van der Waals surface area contributed by atoms with Crippen molar-refractivity contribution in [3.8, 4) is 11.3 Å². The molecule has 2 N–H and O–H groups in total. The van der Waals surface area contributed by atoms with Crippen LogP contribution in [0.1, 0.15) is 11.1 Å². The molecule has 0 radical (unpaired) electrons. The first-order chi connectivity index (χ1) is 8.83. The van der Waals surface area contributed by atoms with Crippen molar-refractivity contribution in [1.82, 2.24) is 4.98 Å². The van der Waals surface area contributed by atoms with Gasteiger partial charge in [0.25, 0.3) is 0 Å². The van der Waals surface area contributed by atoms with E-state index in [9.17, 15) is 0 Å². The zero-order valence-corrected chi connectivity index (χ0v) is 10.7. The number of nitrogens with two attached hydrogens (primary N) is 1. The van der Waals surface area contributed by atoms with Gasteiger partial charge in [-0.15, -0.1) is 11.3 Å². The molecule has 0 bridgehead atoms. The summed E-state index contributed by atoms with van der Waals surface area (Å²) in [4.78, 5) is 4.60. The van der Waals surface area contributed by atoms with E-state index in [4.69, 9.17) is 15.2 Å².